The summed E-state index contributed by atoms with van der Waals surface area (Å²) in [7, 11) is 0. The molecule has 1 fully saturated rings. The molecule has 0 spiro atoms. The summed E-state index contributed by atoms with van der Waals surface area (Å²) >= 11 is 0. The van der Waals surface area contributed by atoms with Crippen LogP contribution in [0.5, 0.6) is 0 Å². The summed E-state index contributed by atoms with van der Waals surface area (Å²) in [5, 5.41) is 13.9. The van der Waals surface area contributed by atoms with Crippen molar-refractivity contribution in [1.29, 1.82) is 0 Å². The molecular weight excluding hydrogens is 234 g/mol. The van der Waals surface area contributed by atoms with Crippen molar-refractivity contribution in [1.82, 2.24) is 5.32 Å². The minimum absolute atomic E-state index is 0.336. The van der Waals surface area contributed by atoms with Gasteiger partial charge in [-0.1, -0.05) is 51.0 Å². The zero-order valence-electron chi connectivity index (χ0n) is 12.2. The van der Waals surface area contributed by atoms with Crippen molar-refractivity contribution in [3.63, 3.8) is 0 Å². The van der Waals surface area contributed by atoms with Gasteiger partial charge in [0.2, 0.25) is 0 Å². The monoisotopic (exact) mass is 261 g/mol. The van der Waals surface area contributed by atoms with Crippen molar-refractivity contribution in [3.05, 3.63) is 35.4 Å². The lowest BCUT2D eigenvalue weighted by molar-refractivity contribution is 0.150. The van der Waals surface area contributed by atoms with Gasteiger partial charge < -0.3 is 10.4 Å². The van der Waals surface area contributed by atoms with Gasteiger partial charge in [-0.05, 0) is 42.9 Å². The number of hydrogen-bond donors (Lipinski definition) is 2. The van der Waals surface area contributed by atoms with Gasteiger partial charge in [0.05, 0.1) is 6.10 Å². The number of rotatable bonds is 4. The molecule has 1 aromatic carbocycles. The summed E-state index contributed by atoms with van der Waals surface area (Å²) in [5.74, 6) is 0.551. The second kappa shape index (κ2) is 7.06. The molecule has 106 valence electrons. The molecule has 2 unspecified atom stereocenters. The maximum absolute atomic E-state index is 10.4. The molecule has 19 heavy (non-hydrogen) atoms. The van der Waals surface area contributed by atoms with Crippen molar-refractivity contribution in [2.45, 2.75) is 64.0 Å². The van der Waals surface area contributed by atoms with E-state index in [4.69, 9.17) is 0 Å². The predicted octanol–water partition coefficient (Wildman–Crippen LogP) is 3.77. The molecule has 0 amide bonds. The Kier molecular flexibility index (Phi) is 5.41. The summed E-state index contributed by atoms with van der Waals surface area (Å²) in [6, 6.07) is 8.92. The molecule has 2 N–H and O–H groups in total. The fraction of sp³-hybridized carbons (Fsp3) is 0.647. The molecule has 0 aliphatic carbocycles. The van der Waals surface area contributed by atoms with Gasteiger partial charge in [0.25, 0.3) is 0 Å². The quantitative estimate of drug-likeness (QED) is 0.865. The third kappa shape index (κ3) is 4.32. The fourth-order valence-corrected chi connectivity index (χ4v) is 2.81. The van der Waals surface area contributed by atoms with Gasteiger partial charge in [-0.2, -0.15) is 0 Å². The largest absolute Gasteiger partial charge is 0.388 e. The number of aliphatic hydroxyl groups excluding tert-OH is 1. The van der Waals surface area contributed by atoms with Crippen LogP contribution in [0.1, 0.15) is 69.1 Å². The van der Waals surface area contributed by atoms with E-state index in [1.807, 2.05) is 0 Å². The van der Waals surface area contributed by atoms with Crippen LogP contribution in [0.2, 0.25) is 0 Å². The van der Waals surface area contributed by atoms with E-state index in [0.717, 1.165) is 18.5 Å². The van der Waals surface area contributed by atoms with E-state index in [2.05, 4.69) is 43.4 Å². The molecule has 0 bridgehead atoms. The second-order valence-electron chi connectivity index (χ2n) is 6.07. The Morgan fingerprint density at radius 1 is 1.11 bits per heavy atom. The topological polar surface area (TPSA) is 32.3 Å². The Labute approximate surface area is 117 Å². The first-order chi connectivity index (χ1) is 9.16. The molecule has 2 nitrogen and oxygen atoms in total. The van der Waals surface area contributed by atoms with Gasteiger partial charge in [-0.3, -0.25) is 0 Å². The minimum Gasteiger partial charge on any atom is -0.388 e. The van der Waals surface area contributed by atoms with Crippen LogP contribution in [0.3, 0.4) is 0 Å². The van der Waals surface area contributed by atoms with Crippen molar-refractivity contribution in [2.24, 2.45) is 0 Å². The Hall–Kier alpha value is -0.860. The minimum atomic E-state index is -0.336. The first-order valence-electron chi connectivity index (χ1n) is 7.68. The van der Waals surface area contributed by atoms with Crippen LogP contribution in [0.25, 0.3) is 0 Å². The van der Waals surface area contributed by atoms with Crippen LogP contribution >= 0.6 is 0 Å². The van der Waals surface area contributed by atoms with Gasteiger partial charge >= 0.3 is 0 Å². The molecule has 2 heteroatoms. The fourth-order valence-electron chi connectivity index (χ4n) is 2.81. The third-order valence-electron chi connectivity index (χ3n) is 4.16. The highest BCUT2D eigenvalue weighted by atomic mass is 16.3. The van der Waals surface area contributed by atoms with Crippen LogP contribution < -0.4 is 5.32 Å². The molecule has 1 heterocycles. The van der Waals surface area contributed by atoms with E-state index in [-0.39, 0.29) is 6.10 Å². The average Bonchev–Trinajstić information content (AvgIpc) is 2.67. The Bertz CT molecular complexity index is 363. The molecule has 1 saturated heterocycles. The van der Waals surface area contributed by atoms with E-state index < -0.39 is 0 Å². The third-order valence-corrected chi connectivity index (χ3v) is 4.16. The lowest BCUT2D eigenvalue weighted by Gasteiger charge is -2.20. The van der Waals surface area contributed by atoms with E-state index in [9.17, 15) is 5.11 Å². The van der Waals surface area contributed by atoms with Crippen LogP contribution in [0.15, 0.2) is 24.3 Å². The predicted molar refractivity (Wildman–Crippen MR) is 80.4 cm³/mol. The molecule has 0 aromatic heterocycles. The van der Waals surface area contributed by atoms with E-state index in [1.165, 1.54) is 31.2 Å². The highest BCUT2D eigenvalue weighted by Gasteiger charge is 2.17. The Morgan fingerprint density at radius 2 is 1.79 bits per heavy atom. The normalized spacial score (nSPS) is 22.2. The maximum atomic E-state index is 10.4. The highest BCUT2D eigenvalue weighted by molar-refractivity contribution is 5.26. The van der Waals surface area contributed by atoms with Crippen molar-refractivity contribution < 1.29 is 5.11 Å². The van der Waals surface area contributed by atoms with Crippen LogP contribution in [-0.4, -0.2) is 17.7 Å². The van der Waals surface area contributed by atoms with E-state index >= 15 is 0 Å². The summed E-state index contributed by atoms with van der Waals surface area (Å²) in [5.41, 5.74) is 2.39. The van der Waals surface area contributed by atoms with Crippen molar-refractivity contribution >= 4 is 0 Å². The van der Waals surface area contributed by atoms with Gasteiger partial charge in [0.15, 0.2) is 0 Å². The summed E-state index contributed by atoms with van der Waals surface area (Å²) in [4.78, 5) is 0. The molecule has 0 saturated carbocycles. The maximum Gasteiger partial charge on any atom is 0.0804 e. The molecule has 0 radical (unpaired) electrons. The van der Waals surface area contributed by atoms with E-state index in [0.29, 0.717) is 12.0 Å². The van der Waals surface area contributed by atoms with Crippen molar-refractivity contribution in [2.75, 3.05) is 6.54 Å². The number of aliphatic hydroxyl groups is 1. The summed E-state index contributed by atoms with van der Waals surface area (Å²) in [6.07, 6.45) is 5.58. The second-order valence-corrected chi connectivity index (χ2v) is 6.07. The zero-order chi connectivity index (χ0) is 13.7. The highest BCUT2D eigenvalue weighted by Crippen LogP contribution is 2.24. The van der Waals surface area contributed by atoms with Crippen LogP contribution in [0, 0.1) is 0 Å². The van der Waals surface area contributed by atoms with Gasteiger partial charge in [0.1, 0.15) is 0 Å². The van der Waals surface area contributed by atoms with Crippen LogP contribution in [-0.2, 0) is 0 Å². The molecular formula is C17H27NO. The smallest absolute Gasteiger partial charge is 0.0804 e. The standard InChI is InChI=1S/C17H27NO/c1-13(2)14-7-9-15(10-8-14)17(19)12-16-6-4-3-5-11-18-16/h7-10,13,16-19H,3-6,11-12H2,1-2H3. The zero-order valence-corrected chi connectivity index (χ0v) is 12.2. The van der Waals surface area contributed by atoms with E-state index in [1.54, 1.807) is 0 Å². The Morgan fingerprint density at radius 3 is 2.47 bits per heavy atom. The molecule has 2 atom stereocenters. The number of hydrogen-bond acceptors (Lipinski definition) is 2. The first-order valence-corrected chi connectivity index (χ1v) is 7.68. The van der Waals surface area contributed by atoms with Gasteiger partial charge in [-0.15, -0.1) is 0 Å². The average molecular weight is 261 g/mol. The molecule has 1 aliphatic rings. The van der Waals surface area contributed by atoms with Gasteiger partial charge in [0, 0.05) is 6.04 Å². The summed E-state index contributed by atoms with van der Waals surface area (Å²) in [6.45, 7) is 5.49. The molecule has 1 aromatic rings. The Balaban J connectivity index is 1.92. The lowest BCUT2D eigenvalue weighted by Crippen LogP contribution is -2.29. The molecule has 1 aliphatic heterocycles. The lowest BCUT2D eigenvalue weighted by atomic mass is 9.96. The number of nitrogens with one attached hydrogen (secondary N) is 1. The van der Waals surface area contributed by atoms with Gasteiger partial charge in [-0.25, -0.2) is 0 Å². The molecule has 2 rings (SSSR count). The van der Waals surface area contributed by atoms with Crippen LogP contribution in [0.4, 0.5) is 0 Å². The summed E-state index contributed by atoms with van der Waals surface area (Å²) < 4.78 is 0. The SMILES string of the molecule is CC(C)c1ccc(C(O)CC2CCCCCN2)cc1. The number of benzene rings is 1. The van der Waals surface area contributed by atoms with Crippen molar-refractivity contribution in [3.8, 4) is 0 Å². The first kappa shape index (κ1) is 14.5.